The number of carbonyl (C=O) groups is 1. The lowest BCUT2D eigenvalue weighted by Crippen LogP contribution is -2.26. The summed E-state index contributed by atoms with van der Waals surface area (Å²) in [7, 11) is 0. The van der Waals surface area contributed by atoms with Gasteiger partial charge in [0.15, 0.2) is 0 Å². The molecule has 0 spiro atoms. The minimum absolute atomic E-state index is 0.195. The Morgan fingerprint density at radius 3 is 2.67 bits per heavy atom. The number of nitrogens with zero attached hydrogens (tertiary/aromatic N) is 1. The summed E-state index contributed by atoms with van der Waals surface area (Å²) in [6.45, 7) is 7.94. The fraction of sp³-hybridized carbons (Fsp3) is 0.533. The molecule has 0 bridgehead atoms. The van der Waals surface area contributed by atoms with Crippen molar-refractivity contribution in [3.8, 4) is 0 Å². The smallest absolute Gasteiger partial charge is 0.307 e. The lowest BCUT2D eigenvalue weighted by Gasteiger charge is -2.25. The largest absolute Gasteiger partial charge is 0.481 e. The summed E-state index contributed by atoms with van der Waals surface area (Å²) >= 11 is 0. The minimum atomic E-state index is -0.662. The van der Waals surface area contributed by atoms with Crippen molar-refractivity contribution in [2.45, 2.75) is 33.2 Å². The van der Waals surface area contributed by atoms with Crippen LogP contribution in [0.3, 0.4) is 0 Å². The second-order valence-corrected chi connectivity index (χ2v) is 5.34. The van der Waals surface area contributed by atoms with Crippen LogP contribution in [-0.4, -0.2) is 29.1 Å². The van der Waals surface area contributed by atoms with E-state index in [4.69, 9.17) is 5.11 Å². The van der Waals surface area contributed by atoms with Gasteiger partial charge in [0.1, 0.15) is 0 Å². The fourth-order valence-corrected chi connectivity index (χ4v) is 2.58. The molecular weight excluding hydrogens is 226 g/mol. The Morgan fingerprint density at radius 1 is 1.39 bits per heavy atom. The molecule has 0 aliphatic carbocycles. The Bertz CT molecular complexity index is 456. The molecule has 2 unspecified atom stereocenters. The molecule has 0 amide bonds. The van der Waals surface area contributed by atoms with E-state index in [1.54, 1.807) is 0 Å². The first-order valence-corrected chi connectivity index (χ1v) is 6.53. The lowest BCUT2D eigenvalue weighted by molar-refractivity contribution is -0.141. The second-order valence-electron chi connectivity index (χ2n) is 5.34. The van der Waals surface area contributed by atoms with E-state index in [2.05, 4.69) is 43.9 Å². The van der Waals surface area contributed by atoms with Crippen molar-refractivity contribution >= 4 is 5.97 Å². The molecule has 1 aliphatic heterocycles. The molecule has 3 nitrogen and oxygen atoms in total. The summed E-state index contributed by atoms with van der Waals surface area (Å²) in [6.07, 6.45) is 0.768. The first-order valence-electron chi connectivity index (χ1n) is 6.53. The van der Waals surface area contributed by atoms with Crippen molar-refractivity contribution in [2.24, 2.45) is 5.92 Å². The molecule has 1 aliphatic rings. The summed E-state index contributed by atoms with van der Waals surface area (Å²) < 4.78 is 0. The van der Waals surface area contributed by atoms with Crippen LogP contribution in [0, 0.1) is 19.8 Å². The molecular formula is C15H21NO2. The van der Waals surface area contributed by atoms with Crippen molar-refractivity contribution < 1.29 is 9.90 Å². The topological polar surface area (TPSA) is 40.5 Å². The SMILES string of the molecule is Cc1ccc(C(C)N2CCC(C(=O)O)C2)cc1C. The average Bonchev–Trinajstić information content (AvgIpc) is 2.81. The maximum atomic E-state index is 11.0. The zero-order valence-corrected chi connectivity index (χ0v) is 11.3. The highest BCUT2D eigenvalue weighted by atomic mass is 16.4. The number of aliphatic carboxylic acids is 1. The lowest BCUT2D eigenvalue weighted by atomic mass is 10.0. The van der Waals surface area contributed by atoms with E-state index in [-0.39, 0.29) is 5.92 Å². The predicted octanol–water partition coefficient (Wildman–Crippen LogP) is 2.77. The zero-order chi connectivity index (χ0) is 13.3. The van der Waals surface area contributed by atoms with Crippen molar-refractivity contribution in [2.75, 3.05) is 13.1 Å². The average molecular weight is 247 g/mol. The number of likely N-dealkylation sites (tertiary alicyclic amines) is 1. The zero-order valence-electron chi connectivity index (χ0n) is 11.3. The van der Waals surface area contributed by atoms with E-state index in [1.807, 2.05) is 0 Å². The number of carboxylic acids is 1. The van der Waals surface area contributed by atoms with Crippen LogP contribution < -0.4 is 0 Å². The van der Waals surface area contributed by atoms with Crippen molar-refractivity contribution in [1.29, 1.82) is 0 Å². The molecule has 18 heavy (non-hydrogen) atoms. The van der Waals surface area contributed by atoms with Crippen molar-refractivity contribution in [3.63, 3.8) is 0 Å². The van der Waals surface area contributed by atoms with Gasteiger partial charge in [-0.2, -0.15) is 0 Å². The van der Waals surface area contributed by atoms with Crippen molar-refractivity contribution in [3.05, 3.63) is 34.9 Å². The number of benzene rings is 1. The number of hydrogen-bond donors (Lipinski definition) is 1. The first kappa shape index (κ1) is 13.1. The van der Waals surface area contributed by atoms with Crippen LogP contribution in [0.15, 0.2) is 18.2 Å². The highest BCUT2D eigenvalue weighted by molar-refractivity contribution is 5.70. The normalized spacial score (nSPS) is 22.1. The number of rotatable bonds is 3. The molecule has 1 aromatic rings. The molecule has 1 heterocycles. The predicted molar refractivity (Wildman–Crippen MR) is 71.6 cm³/mol. The van der Waals surface area contributed by atoms with Crippen LogP contribution in [0.1, 0.15) is 36.1 Å². The van der Waals surface area contributed by atoms with Gasteiger partial charge in [-0.05, 0) is 50.4 Å². The van der Waals surface area contributed by atoms with Crippen LogP contribution >= 0.6 is 0 Å². The Balaban J connectivity index is 2.10. The molecule has 1 fully saturated rings. The Labute approximate surface area is 108 Å². The molecule has 1 N–H and O–H groups in total. The molecule has 2 rings (SSSR count). The summed E-state index contributed by atoms with van der Waals surface area (Å²) in [5.41, 5.74) is 3.88. The van der Waals surface area contributed by atoms with Crippen LogP contribution in [-0.2, 0) is 4.79 Å². The van der Waals surface area contributed by atoms with E-state index in [0.29, 0.717) is 12.6 Å². The van der Waals surface area contributed by atoms with Crippen LogP contribution in [0.25, 0.3) is 0 Å². The van der Waals surface area contributed by atoms with Gasteiger partial charge in [-0.3, -0.25) is 9.69 Å². The molecule has 1 aromatic carbocycles. The third-order valence-electron chi connectivity index (χ3n) is 4.13. The highest BCUT2D eigenvalue weighted by Gasteiger charge is 2.30. The van der Waals surface area contributed by atoms with Gasteiger partial charge in [-0.1, -0.05) is 18.2 Å². The number of aryl methyl sites for hydroxylation is 2. The van der Waals surface area contributed by atoms with Gasteiger partial charge in [-0.25, -0.2) is 0 Å². The molecule has 0 saturated carbocycles. The molecule has 0 aromatic heterocycles. The van der Waals surface area contributed by atoms with E-state index >= 15 is 0 Å². The van der Waals surface area contributed by atoms with Gasteiger partial charge < -0.3 is 5.11 Å². The van der Waals surface area contributed by atoms with E-state index in [1.165, 1.54) is 16.7 Å². The van der Waals surface area contributed by atoms with Crippen molar-refractivity contribution in [1.82, 2.24) is 4.90 Å². The molecule has 98 valence electrons. The van der Waals surface area contributed by atoms with E-state index < -0.39 is 5.97 Å². The fourth-order valence-electron chi connectivity index (χ4n) is 2.58. The van der Waals surface area contributed by atoms with Gasteiger partial charge in [0.25, 0.3) is 0 Å². The van der Waals surface area contributed by atoms with Crippen LogP contribution in [0.5, 0.6) is 0 Å². The van der Waals surface area contributed by atoms with Gasteiger partial charge in [-0.15, -0.1) is 0 Å². The Morgan fingerprint density at radius 2 is 2.11 bits per heavy atom. The molecule has 2 atom stereocenters. The quantitative estimate of drug-likeness (QED) is 0.893. The highest BCUT2D eigenvalue weighted by Crippen LogP contribution is 2.28. The van der Waals surface area contributed by atoms with Gasteiger partial charge in [0, 0.05) is 12.6 Å². The number of hydrogen-bond acceptors (Lipinski definition) is 2. The molecule has 1 saturated heterocycles. The summed E-state index contributed by atoms with van der Waals surface area (Å²) in [6, 6.07) is 6.81. The first-order chi connectivity index (χ1) is 8.49. The third kappa shape index (κ3) is 2.56. The van der Waals surface area contributed by atoms with E-state index in [9.17, 15) is 4.79 Å². The maximum Gasteiger partial charge on any atom is 0.307 e. The summed E-state index contributed by atoms with van der Waals surface area (Å²) in [4.78, 5) is 13.2. The van der Waals surface area contributed by atoms with Crippen LogP contribution in [0.4, 0.5) is 0 Å². The maximum absolute atomic E-state index is 11.0. The minimum Gasteiger partial charge on any atom is -0.481 e. The van der Waals surface area contributed by atoms with Crippen LogP contribution in [0.2, 0.25) is 0 Å². The van der Waals surface area contributed by atoms with Gasteiger partial charge in [0.05, 0.1) is 5.92 Å². The molecule has 3 heteroatoms. The summed E-state index contributed by atoms with van der Waals surface area (Å²) in [5.74, 6) is -0.858. The summed E-state index contributed by atoms with van der Waals surface area (Å²) in [5, 5.41) is 9.04. The standard InChI is InChI=1S/C15H21NO2/c1-10-4-5-13(8-11(10)2)12(3)16-7-6-14(9-16)15(17)18/h4-5,8,12,14H,6-7,9H2,1-3H3,(H,17,18). The Kier molecular flexibility index (Phi) is 3.71. The number of carboxylic acid groups (broad SMARTS) is 1. The van der Waals surface area contributed by atoms with Gasteiger partial charge >= 0.3 is 5.97 Å². The van der Waals surface area contributed by atoms with E-state index in [0.717, 1.165) is 13.0 Å². The monoisotopic (exact) mass is 247 g/mol. The van der Waals surface area contributed by atoms with Gasteiger partial charge in [0.2, 0.25) is 0 Å². The molecule has 0 radical (unpaired) electrons. The Hall–Kier alpha value is -1.35. The third-order valence-corrected chi connectivity index (χ3v) is 4.13. The second kappa shape index (κ2) is 5.11.